The van der Waals surface area contributed by atoms with Crippen LogP contribution in [0.1, 0.15) is 24.6 Å². The Kier molecular flexibility index (Phi) is 3.06. The lowest BCUT2D eigenvalue weighted by Crippen LogP contribution is -2.22. The Hall–Kier alpha value is -2.43. The zero-order valence-electron chi connectivity index (χ0n) is 11.8. The molecular weight excluding hydrogens is 286 g/mol. The molecule has 0 aliphatic carbocycles. The van der Waals surface area contributed by atoms with E-state index in [0.717, 1.165) is 36.9 Å². The number of nitrogens with zero attached hydrogens (tertiary/aromatic N) is 2. The average Bonchev–Trinajstić information content (AvgIpc) is 3.17. The second-order valence-electron chi connectivity index (χ2n) is 5.48. The molecule has 0 bridgehead atoms. The molecule has 1 fully saturated rings. The van der Waals surface area contributed by atoms with Crippen molar-refractivity contribution in [2.45, 2.75) is 18.9 Å². The molecule has 5 heteroatoms. The van der Waals surface area contributed by atoms with E-state index in [4.69, 9.17) is 4.42 Å². The molecule has 1 aliphatic rings. The molecule has 1 aliphatic heterocycles. The number of fused-ring (bicyclic) bond motifs is 1. The van der Waals surface area contributed by atoms with Crippen molar-refractivity contribution in [3.05, 3.63) is 60.2 Å². The van der Waals surface area contributed by atoms with Crippen LogP contribution in [-0.4, -0.2) is 11.5 Å². The number of pyridine rings is 1. The monoisotopic (exact) mass is 300 g/mol. The highest BCUT2D eigenvalue weighted by molar-refractivity contribution is 5.92. The summed E-state index contributed by atoms with van der Waals surface area (Å²) >= 11 is 0. The van der Waals surface area contributed by atoms with E-state index < -0.39 is 11.6 Å². The number of hydrogen-bond acceptors (Lipinski definition) is 3. The van der Waals surface area contributed by atoms with E-state index >= 15 is 0 Å². The summed E-state index contributed by atoms with van der Waals surface area (Å²) < 4.78 is 33.1. The number of benzene rings is 1. The first-order valence-electron chi connectivity index (χ1n) is 7.28. The summed E-state index contributed by atoms with van der Waals surface area (Å²) in [5, 5.41) is 0.499. The van der Waals surface area contributed by atoms with Crippen LogP contribution in [0.25, 0.3) is 10.9 Å². The van der Waals surface area contributed by atoms with Gasteiger partial charge in [0.25, 0.3) is 0 Å². The normalized spacial score (nSPS) is 18.3. The minimum Gasteiger partial charge on any atom is -0.467 e. The Morgan fingerprint density at radius 3 is 2.95 bits per heavy atom. The lowest BCUT2D eigenvalue weighted by atomic mass is 10.1. The van der Waals surface area contributed by atoms with E-state index in [1.165, 1.54) is 6.07 Å². The van der Waals surface area contributed by atoms with Crippen LogP contribution in [0.2, 0.25) is 0 Å². The molecule has 0 spiro atoms. The fraction of sp³-hybridized carbons (Fsp3) is 0.235. The highest BCUT2D eigenvalue weighted by atomic mass is 19.1. The van der Waals surface area contributed by atoms with E-state index in [2.05, 4.69) is 9.88 Å². The minimum absolute atomic E-state index is 0.0897. The van der Waals surface area contributed by atoms with Gasteiger partial charge < -0.3 is 9.32 Å². The highest BCUT2D eigenvalue weighted by Crippen LogP contribution is 2.39. The van der Waals surface area contributed by atoms with Gasteiger partial charge in [0.1, 0.15) is 17.1 Å². The molecule has 3 aromatic rings. The zero-order chi connectivity index (χ0) is 15.1. The molecule has 0 amide bonds. The fourth-order valence-electron chi connectivity index (χ4n) is 3.25. The SMILES string of the molecule is Fc1cc(F)c2nccc(N3CCCC3c3ccco3)c2c1. The topological polar surface area (TPSA) is 29.3 Å². The van der Waals surface area contributed by atoms with Crippen molar-refractivity contribution in [2.24, 2.45) is 0 Å². The summed E-state index contributed by atoms with van der Waals surface area (Å²) in [6.07, 6.45) is 5.17. The third-order valence-electron chi connectivity index (χ3n) is 4.17. The minimum atomic E-state index is -0.634. The van der Waals surface area contributed by atoms with E-state index in [1.54, 1.807) is 12.5 Å². The van der Waals surface area contributed by atoms with Crippen molar-refractivity contribution >= 4 is 16.6 Å². The van der Waals surface area contributed by atoms with Crippen molar-refractivity contribution in [1.82, 2.24) is 4.98 Å². The van der Waals surface area contributed by atoms with Gasteiger partial charge in [-0.25, -0.2) is 8.78 Å². The maximum absolute atomic E-state index is 13.9. The molecule has 0 saturated carbocycles. The number of aromatic nitrogens is 1. The van der Waals surface area contributed by atoms with Crippen LogP contribution in [0.5, 0.6) is 0 Å². The number of hydrogen-bond donors (Lipinski definition) is 0. The molecule has 1 atom stereocenters. The lowest BCUT2D eigenvalue weighted by Gasteiger charge is -2.26. The van der Waals surface area contributed by atoms with Crippen molar-refractivity contribution in [3.63, 3.8) is 0 Å². The number of furan rings is 1. The summed E-state index contributed by atoms with van der Waals surface area (Å²) in [4.78, 5) is 6.19. The Balaban J connectivity index is 1.87. The third-order valence-corrected chi connectivity index (χ3v) is 4.17. The summed E-state index contributed by atoms with van der Waals surface area (Å²) in [7, 11) is 0. The largest absolute Gasteiger partial charge is 0.467 e. The summed E-state index contributed by atoms with van der Waals surface area (Å²) in [6.45, 7) is 0.822. The van der Waals surface area contributed by atoms with Crippen LogP contribution in [0.15, 0.2) is 47.2 Å². The number of anilines is 1. The first-order chi connectivity index (χ1) is 10.7. The summed E-state index contributed by atoms with van der Waals surface area (Å²) in [5.74, 6) is -0.349. The van der Waals surface area contributed by atoms with Crippen LogP contribution in [0.4, 0.5) is 14.5 Å². The van der Waals surface area contributed by atoms with Crippen molar-refractivity contribution in [3.8, 4) is 0 Å². The molecule has 0 radical (unpaired) electrons. The van der Waals surface area contributed by atoms with E-state index in [-0.39, 0.29) is 11.6 Å². The zero-order valence-corrected chi connectivity index (χ0v) is 11.8. The molecule has 22 heavy (non-hydrogen) atoms. The smallest absolute Gasteiger partial charge is 0.152 e. The maximum Gasteiger partial charge on any atom is 0.152 e. The maximum atomic E-state index is 13.9. The molecule has 3 nitrogen and oxygen atoms in total. The molecule has 0 N–H and O–H groups in total. The highest BCUT2D eigenvalue weighted by Gasteiger charge is 2.29. The molecule has 1 aromatic carbocycles. The molecule has 2 aromatic heterocycles. The van der Waals surface area contributed by atoms with Gasteiger partial charge in [-0.3, -0.25) is 4.98 Å². The molecule has 4 rings (SSSR count). The van der Waals surface area contributed by atoms with Crippen LogP contribution in [0.3, 0.4) is 0 Å². The van der Waals surface area contributed by atoms with Gasteiger partial charge in [0, 0.05) is 29.9 Å². The number of halogens is 2. The lowest BCUT2D eigenvalue weighted by molar-refractivity contribution is 0.465. The summed E-state index contributed by atoms with van der Waals surface area (Å²) in [5.41, 5.74) is 0.992. The standard InChI is InChI=1S/C17H14F2N2O/c18-11-9-12-14(5-6-20-17(12)13(19)10-11)21-7-1-3-15(21)16-4-2-8-22-16/h2,4-6,8-10,15H,1,3,7H2. The third kappa shape index (κ3) is 2.04. The van der Waals surface area contributed by atoms with E-state index in [9.17, 15) is 8.78 Å². The van der Waals surface area contributed by atoms with Gasteiger partial charge in [-0.15, -0.1) is 0 Å². The van der Waals surface area contributed by atoms with Crippen molar-refractivity contribution < 1.29 is 13.2 Å². The van der Waals surface area contributed by atoms with Gasteiger partial charge in [0.2, 0.25) is 0 Å². The number of rotatable bonds is 2. The van der Waals surface area contributed by atoms with Gasteiger partial charge in [0.15, 0.2) is 5.82 Å². The van der Waals surface area contributed by atoms with E-state index in [1.807, 2.05) is 18.2 Å². The van der Waals surface area contributed by atoms with Crippen LogP contribution in [-0.2, 0) is 0 Å². The summed E-state index contributed by atoms with van der Waals surface area (Å²) in [6, 6.07) is 7.91. The molecule has 1 unspecified atom stereocenters. The van der Waals surface area contributed by atoms with Crippen LogP contribution < -0.4 is 4.90 Å². The van der Waals surface area contributed by atoms with Gasteiger partial charge in [-0.1, -0.05) is 0 Å². The Morgan fingerprint density at radius 2 is 2.14 bits per heavy atom. The van der Waals surface area contributed by atoms with Crippen LogP contribution in [0, 0.1) is 11.6 Å². The van der Waals surface area contributed by atoms with Crippen LogP contribution >= 0.6 is 0 Å². The average molecular weight is 300 g/mol. The van der Waals surface area contributed by atoms with Gasteiger partial charge in [-0.05, 0) is 37.1 Å². The second-order valence-corrected chi connectivity index (χ2v) is 5.48. The first kappa shape index (κ1) is 13.2. The Morgan fingerprint density at radius 1 is 1.23 bits per heavy atom. The molecule has 112 valence electrons. The molecule has 1 saturated heterocycles. The Labute approximate surface area is 126 Å². The van der Waals surface area contributed by atoms with Crippen molar-refractivity contribution in [2.75, 3.05) is 11.4 Å². The van der Waals surface area contributed by atoms with Gasteiger partial charge in [0.05, 0.1) is 12.3 Å². The van der Waals surface area contributed by atoms with E-state index in [0.29, 0.717) is 5.39 Å². The van der Waals surface area contributed by atoms with Crippen molar-refractivity contribution in [1.29, 1.82) is 0 Å². The second kappa shape index (κ2) is 5.09. The molecular formula is C17H14F2N2O. The predicted octanol–water partition coefficient (Wildman–Crippen LogP) is 4.45. The molecule has 3 heterocycles. The first-order valence-corrected chi connectivity index (χ1v) is 7.28. The predicted molar refractivity (Wildman–Crippen MR) is 79.7 cm³/mol. The fourth-order valence-corrected chi connectivity index (χ4v) is 3.25. The quantitative estimate of drug-likeness (QED) is 0.700. The van der Waals surface area contributed by atoms with Gasteiger partial charge in [-0.2, -0.15) is 0 Å². The Bertz CT molecular complexity index is 817. The van der Waals surface area contributed by atoms with Gasteiger partial charge >= 0.3 is 0 Å².